The Bertz CT molecular complexity index is 807. The second-order valence-corrected chi connectivity index (χ2v) is 6.48. The zero-order chi connectivity index (χ0) is 18.4. The van der Waals surface area contributed by atoms with E-state index in [1.165, 1.54) is 0 Å². The van der Waals surface area contributed by atoms with Crippen LogP contribution in [-0.2, 0) is 4.79 Å². The van der Waals surface area contributed by atoms with E-state index in [0.29, 0.717) is 18.2 Å². The highest BCUT2D eigenvalue weighted by Gasteiger charge is 2.33. The average molecular weight is 347 g/mol. The highest BCUT2D eigenvalue weighted by Crippen LogP contribution is 2.23. The summed E-state index contributed by atoms with van der Waals surface area (Å²) < 4.78 is 0. The first-order chi connectivity index (χ1) is 12.7. The van der Waals surface area contributed by atoms with Crippen LogP contribution in [0.4, 0.5) is 5.69 Å². The molecule has 0 aromatic heterocycles. The zero-order valence-electron chi connectivity index (χ0n) is 15.4. The van der Waals surface area contributed by atoms with E-state index in [-0.39, 0.29) is 5.91 Å². The van der Waals surface area contributed by atoms with E-state index in [4.69, 9.17) is 0 Å². The van der Waals surface area contributed by atoms with Gasteiger partial charge in [-0.15, -0.1) is 0 Å². The zero-order valence-corrected chi connectivity index (χ0v) is 15.4. The smallest absolute Gasteiger partial charge is 0.281 e. The highest BCUT2D eigenvalue weighted by atomic mass is 16.2. The molecule has 3 rings (SSSR count). The maximum Gasteiger partial charge on any atom is 0.281 e. The van der Waals surface area contributed by atoms with Crippen molar-refractivity contribution < 1.29 is 4.79 Å². The molecule has 2 aromatic rings. The van der Waals surface area contributed by atoms with Crippen LogP contribution in [0, 0.1) is 6.92 Å². The highest BCUT2D eigenvalue weighted by molar-refractivity contribution is 6.29. The Morgan fingerprint density at radius 2 is 1.77 bits per heavy atom. The molecule has 26 heavy (non-hydrogen) atoms. The summed E-state index contributed by atoms with van der Waals surface area (Å²) in [7, 11) is 0. The van der Waals surface area contributed by atoms with Crippen LogP contribution in [-0.4, -0.2) is 18.4 Å². The number of aryl methyl sites for hydroxylation is 1. The fourth-order valence-electron chi connectivity index (χ4n) is 2.85. The first-order valence-corrected chi connectivity index (χ1v) is 9.18. The van der Waals surface area contributed by atoms with Crippen LogP contribution in [0.2, 0.25) is 0 Å². The van der Waals surface area contributed by atoms with E-state index in [2.05, 4.69) is 17.2 Å². The van der Waals surface area contributed by atoms with E-state index < -0.39 is 0 Å². The normalized spacial score (nSPS) is 17.2. The van der Waals surface area contributed by atoms with Gasteiger partial charge in [-0.2, -0.15) is 0 Å². The lowest BCUT2D eigenvalue weighted by molar-refractivity contribution is -0.113. The van der Waals surface area contributed by atoms with Crippen molar-refractivity contribution in [2.24, 2.45) is 4.99 Å². The number of amides is 1. The Kier molecular flexibility index (Phi) is 5.84. The molecule has 1 aliphatic heterocycles. The van der Waals surface area contributed by atoms with Gasteiger partial charge in [-0.1, -0.05) is 67.8 Å². The molecule has 0 atom stereocenters. The number of anilines is 1. The predicted molar refractivity (Wildman–Crippen MR) is 108 cm³/mol. The Balaban J connectivity index is 1.91. The monoisotopic (exact) mass is 347 g/mol. The molecular formula is C22H25N3O. The second kappa shape index (κ2) is 8.48. The van der Waals surface area contributed by atoms with E-state index in [9.17, 15) is 4.79 Å². The minimum atomic E-state index is -0.0769. The fraction of sp³-hybridized carbons (Fsp3) is 0.273. The van der Waals surface area contributed by atoms with Gasteiger partial charge in [-0.05, 0) is 37.1 Å². The summed E-state index contributed by atoms with van der Waals surface area (Å²) in [6, 6.07) is 17.8. The van der Waals surface area contributed by atoms with Gasteiger partial charge >= 0.3 is 0 Å². The summed E-state index contributed by atoms with van der Waals surface area (Å²) >= 11 is 0. The summed E-state index contributed by atoms with van der Waals surface area (Å²) in [5.74, 6) is 0.532. The molecule has 0 aliphatic carbocycles. The number of nitrogens with zero attached hydrogens (tertiary/aromatic N) is 2. The number of carbonyl (C=O) groups is 1. The molecule has 1 aliphatic rings. The van der Waals surface area contributed by atoms with Crippen molar-refractivity contribution in [2.45, 2.75) is 33.1 Å². The Morgan fingerprint density at radius 3 is 2.46 bits per heavy atom. The van der Waals surface area contributed by atoms with Crippen LogP contribution in [0.1, 0.15) is 37.3 Å². The second-order valence-electron chi connectivity index (χ2n) is 6.48. The van der Waals surface area contributed by atoms with Gasteiger partial charge in [0.2, 0.25) is 5.96 Å². The number of aliphatic imine (C=N–C) groups is 1. The largest absolute Gasteiger partial charge is 0.321 e. The van der Waals surface area contributed by atoms with Gasteiger partial charge in [-0.3, -0.25) is 9.79 Å². The molecular weight excluding hydrogens is 322 g/mol. The summed E-state index contributed by atoms with van der Waals surface area (Å²) in [5, 5.41) is 3.22. The lowest BCUT2D eigenvalue weighted by atomic mass is 10.2. The van der Waals surface area contributed by atoms with Crippen molar-refractivity contribution in [1.82, 2.24) is 5.32 Å². The number of benzene rings is 2. The minimum Gasteiger partial charge on any atom is -0.321 e. The molecule has 2 aromatic carbocycles. The van der Waals surface area contributed by atoms with Gasteiger partial charge in [0.15, 0.2) is 0 Å². The first-order valence-electron chi connectivity index (χ1n) is 9.18. The van der Waals surface area contributed by atoms with Gasteiger partial charge in [0, 0.05) is 6.54 Å². The van der Waals surface area contributed by atoms with Gasteiger partial charge in [0.25, 0.3) is 5.91 Å². The summed E-state index contributed by atoms with van der Waals surface area (Å²) in [6.45, 7) is 4.92. The van der Waals surface area contributed by atoms with Gasteiger partial charge in [0.1, 0.15) is 5.70 Å². The number of unbranched alkanes of at least 4 members (excludes halogenated alkanes) is 2. The van der Waals surface area contributed by atoms with Crippen LogP contribution in [0.25, 0.3) is 6.08 Å². The molecule has 0 spiro atoms. The molecule has 4 heteroatoms. The number of rotatable bonds is 6. The third kappa shape index (κ3) is 4.20. The molecule has 4 nitrogen and oxygen atoms in total. The molecule has 1 N–H and O–H groups in total. The molecule has 1 amide bonds. The number of nitrogens with one attached hydrogen (secondary N) is 1. The van der Waals surface area contributed by atoms with Crippen LogP contribution < -0.4 is 10.2 Å². The van der Waals surface area contributed by atoms with Gasteiger partial charge < -0.3 is 5.32 Å². The quantitative estimate of drug-likeness (QED) is 0.617. The number of hydrogen-bond donors (Lipinski definition) is 1. The van der Waals surface area contributed by atoms with E-state index in [1.807, 2.05) is 67.6 Å². The Hall–Kier alpha value is -2.88. The molecule has 0 unspecified atom stereocenters. The summed E-state index contributed by atoms with van der Waals surface area (Å²) in [4.78, 5) is 19.3. The van der Waals surface area contributed by atoms with Gasteiger partial charge in [-0.25, -0.2) is 4.90 Å². The Morgan fingerprint density at radius 1 is 1.04 bits per heavy atom. The minimum absolute atomic E-state index is 0.0769. The lowest BCUT2D eigenvalue weighted by Crippen LogP contribution is -2.32. The number of hydrogen-bond acceptors (Lipinski definition) is 2. The SMILES string of the molecule is CCCCCN=C1N/C(=C\c2ccccc2)C(=O)N1c1ccc(C)cc1. The van der Waals surface area contributed by atoms with Crippen molar-refractivity contribution in [3.8, 4) is 0 Å². The third-order valence-electron chi connectivity index (χ3n) is 4.32. The number of carbonyl (C=O) groups excluding carboxylic acids is 1. The molecule has 134 valence electrons. The topological polar surface area (TPSA) is 44.7 Å². The van der Waals surface area contributed by atoms with E-state index in [1.54, 1.807) is 4.90 Å². The predicted octanol–water partition coefficient (Wildman–Crippen LogP) is 4.52. The first kappa shape index (κ1) is 17.9. The summed E-state index contributed by atoms with van der Waals surface area (Å²) in [6.07, 6.45) is 5.19. The maximum absolute atomic E-state index is 13.0. The Labute approximate surface area is 155 Å². The molecule has 0 bridgehead atoms. The molecule has 1 saturated heterocycles. The molecule has 0 radical (unpaired) electrons. The van der Waals surface area contributed by atoms with E-state index >= 15 is 0 Å². The fourth-order valence-corrected chi connectivity index (χ4v) is 2.85. The molecule has 1 fully saturated rings. The number of guanidine groups is 1. The maximum atomic E-state index is 13.0. The average Bonchev–Trinajstić information content (AvgIpc) is 2.96. The van der Waals surface area contributed by atoms with Crippen molar-refractivity contribution in [2.75, 3.05) is 11.4 Å². The van der Waals surface area contributed by atoms with Crippen molar-refractivity contribution >= 4 is 23.6 Å². The molecule has 0 saturated carbocycles. The van der Waals surface area contributed by atoms with Crippen LogP contribution >= 0.6 is 0 Å². The lowest BCUT2D eigenvalue weighted by Gasteiger charge is -2.15. The standard InChI is InChI=1S/C22H25N3O/c1-3-4-8-15-23-22-24-20(16-18-9-6-5-7-10-18)21(26)25(22)19-13-11-17(2)12-14-19/h5-7,9-14,16H,3-4,8,15H2,1-2H3,(H,23,24)/b20-16-. The molecule has 1 heterocycles. The van der Waals surface area contributed by atoms with Gasteiger partial charge in [0.05, 0.1) is 5.69 Å². The third-order valence-corrected chi connectivity index (χ3v) is 4.32. The van der Waals surface area contributed by atoms with E-state index in [0.717, 1.165) is 36.1 Å². The van der Waals surface area contributed by atoms with Crippen molar-refractivity contribution in [3.05, 3.63) is 71.4 Å². The van der Waals surface area contributed by atoms with Crippen molar-refractivity contribution in [3.63, 3.8) is 0 Å². The van der Waals surface area contributed by atoms with Crippen LogP contribution in [0.5, 0.6) is 0 Å². The van der Waals surface area contributed by atoms with Crippen LogP contribution in [0.3, 0.4) is 0 Å². The van der Waals surface area contributed by atoms with Crippen molar-refractivity contribution in [1.29, 1.82) is 0 Å². The summed E-state index contributed by atoms with van der Waals surface area (Å²) in [5.41, 5.74) is 3.53. The van der Waals surface area contributed by atoms with Crippen LogP contribution in [0.15, 0.2) is 65.3 Å².